The molecule has 0 amide bonds. The van der Waals surface area contributed by atoms with Gasteiger partial charge in [0.25, 0.3) is 0 Å². The number of halogens is 1. The third-order valence-corrected chi connectivity index (χ3v) is 4.53. The molecule has 3 heterocycles. The smallest absolute Gasteiger partial charge is 0.140 e. The third kappa shape index (κ3) is 2.81. The van der Waals surface area contributed by atoms with E-state index in [9.17, 15) is 0 Å². The Balaban J connectivity index is 1.91. The fraction of sp³-hybridized carbons (Fsp3) is 0.100. The molecule has 0 aliphatic rings. The molecular weight excluding hydrogens is 350 g/mol. The number of hydrogen-bond donors (Lipinski definition) is 0. The maximum atomic E-state index is 9.10. The minimum atomic E-state index is 0.392. The molecule has 0 radical (unpaired) electrons. The van der Waals surface area contributed by atoms with E-state index in [4.69, 9.17) is 26.0 Å². The highest BCUT2D eigenvalue weighted by Crippen LogP contribution is 2.35. The Labute approximate surface area is 155 Å². The second-order valence-electron chi connectivity index (χ2n) is 5.80. The Kier molecular flexibility index (Phi) is 4.11. The van der Waals surface area contributed by atoms with E-state index in [1.165, 1.54) is 0 Å². The van der Waals surface area contributed by atoms with Crippen LogP contribution in [0.4, 0.5) is 0 Å². The number of hydrogen-bond acceptors (Lipinski definition) is 4. The zero-order chi connectivity index (χ0) is 18.1. The van der Waals surface area contributed by atoms with Crippen molar-refractivity contribution in [1.29, 1.82) is 5.26 Å². The number of benzene rings is 1. The minimum Gasteiger partial charge on any atom is -0.495 e. The molecule has 0 saturated carbocycles. The van der Waals surface area contributed by atoms with Crippen LogP contribution in [0.2, 0.25) is 5.02 Å². The quantitative estimate of drug-likeness (QED) is 0.518. The van der Waals surface area contributed by atoms with E-state index < -0.39 is 0 Å². The van der Waals surface area contributed by atoms with Crippen molar-refractivity contribution >= 4 is 22.5 Å². The molecule has 128 valence electrons. The van der Waals surface area contributed by atoms with Gasteiger partial charge in [-0.2, -0.15) is 5.26 Å². The van der Waals surface area contributed by atoms with Gasteiger partial charge in [0.05, 0.1) is 48.1 Å². The van der Waals surface area contributed by atoms with E-state index in [0.717, 1.165) is 27.9 Å². The van der Waals surface area contributed by atoms with Gasteiger partial charge >= 0.3 is 0 Å². The zero-order valence-corrected chi connectivity index (χ0v) is 14.7. The van der Waals surface area contributed by atoms with Crippen LogP contribution in [0.1, 0.15) is 11.4 Å². The van der Waals surface area contributed by atoms with Gasteiger partial charge in [-0.05, 0) is 36.4 Å². The van der Waals surface area contributed by atoms with Gasteiger partial charge in [0.15, 0.2) is 0 Å². The summed E-state index contributed by atoms with van der Waals surface area (Å²) in [6.07, 6.45) is 3.34. The van der Waals surface area contributed by atoms with Crippen LogP contribution >= 0.6 is 11.6 Å². The average Bonchev–Trinajstić information content (AvgIpc) is 3.30. The first-order chi connectivity index (χ1) is 12.7. The first-order valence-electron chi connectivity index (χ1n) is 7.95. The Morgan fingerprint density at radius 3 is 2.88 bits per heavy atom. The van der Waals surface area contributed by atoms with Gasteiger partial charge in [-0.25, -0.2) is 4.98 Å². The van der Waals surface area contributed by atoms with E-state index in [1.807, 2.05) is 30.3 Å². The number of ether oxygens (including phenoxy) is 1. The van der Waals surface area contributed by atoms with E-state index in [-0.39, 0.29) is 0 Å². The maximum Gasteiger partial charge on any atom is 0.140 e. The first-order valence-corrected chi connectivity index (χ1v) is 8.33. The predicted molar refractivity (Wildman–Crippen MR) is 99.3 cm³/mol. The van der Waals surface area contributed by atoms with Crippen molar-refractivity contribution < 1.29 is 9.15 Å². The first kappa shape index (κ1) is 16.2. The predicted octanol–water partition coefficient (Wildman–Crippen LogP) is 4.88. The number of methoxy groups -OCH3 is 1. The number of aromatic nitrogens is 2. The van der Waals surface area contributed by atoms with Crippen molar-refractivity contribution in [3.05, 3.63) is 71.4 Å². The largest absolute Gasteiger partial charge is 0.495 e. The van der Waals surface area contributed by atoms with E-state index in [1.54, 1.807) is 25.7 Å². The second-order valence-corrected chi connectivity index (χ2v) is 6.21. The summed E-state index contributed by atoms with van der Waals surface area (Å²) in [5.74, 6) is 0.625. The lowest BCUT2D eigenvalue weighted by atomic mass is 10.2. The number of nitriles is 1. The monoisotopic (exact) mass is 363 g/mol. The molecule has 0 unspecified atom stereocenters. The van der Waals surface area contributed by atoms with Crippen molar-refractivity contribution in [3.63, 3.8) is 0 Å². The standard InChI is InChI=1S/C20H14ClN3O2/c1-25-20-8-14-7-18(13-5-6-26-12-13)24(19(14)9-17(20)21)11-16-4-2-3-15(10-22)23-16/h2-9,12H,11H2,1H3. The highest BCUT2D eigenvalue weighted by molar-refractivity contribution is 6.32. The van der Waals surface area contributed by atoms with Crippen LogP contribution < -0.4 is 4.74 Å². The summed E-state index contributed by atoms with van der Waals surface area (Å²) in [6.45, 7) is 0.502. The maximum absolute atomic E-state index is 9.10. The lowest BCUT2D eigenvalue weighted by Gasteiger charge is -2.11. The summed E-state index contributed by atoms with van der Waals surface area (Å²) in [5.41, 5.74) is 4.06. The van der Waals surface area contributed by atoms with Gasteiger partial charge in [-0.1, -0.05) is 17.7 Å². The molecule has 0 spiro atoms. The molecule has 0 aliphatic carbocycles. The van der Waals surface area contributed by atoms with Crippen molar-refractivity contribution in [2.45, 2.75) is 6.54 Å². The molecule has 26 heavy (non-hydrogen) atoms. The summed E-state index contributed by atoms with van der Waals surface area (Å²) in [5, 5.41) is 10.6. The van der Waals surface area contributed by atoms with E-state index in [0.29, 0.717) is 23.0 Å². The van der Waals surface area contributed by atoms with Crippen LogP contribution in [0, 0.1) is 11.3 Å². The molecule has 4 rings (SSSR count). The molecule has 0 saturated heterocycles. The van der Waals surface area contributed by atoms with Crippen molar-refractivity contribution in [2.75, 3.05) is 7.11 Å². The fourth-order valence-corrected chi connectivity index (χ4v) is 3.27. The lowest BCUT2D eigenvalue weighted by Crippen LogP contribution is -2.04. The molecule has 1 aromatic carbocycles. The van der Waals surface area contributed by atoms with E-state index >= 15 is 0 Å². The number of nitrogens with zero attached hydrogens (tertiary/aromatic N) is 3. The molecule has 4 aromatic rings. The lowest BCUT2D eigenvalue weighted by molar-refractivity contribution is 0.415. The Morgan fingerprint density at radius 2 is 2.15 bits per heavy atom. The number of rotatable bonds is 4. The summed E-state index contributed by atoms with van der Waals surface area (Å²) >= 11 is 6.34. The average molecular weight is 364 g/mol. The molecule has 0 N–H and O–H groups in total. The Hall–Kier alpha value is -3.23. The van der Waals surface area contributed by atoms with Crippen molar-refractivity contribution in [1.82, 2.24) is 9.55 Å². The highest BCUT2D eigenvalue weighted by atomic mass is 35.5. The summed E-state index contributed by atoms with van der Waals surface area (Å²) < 4.78 is 12.7. The van der Waals surface area contributed by atoms with Crippen LogP contribution in [0.15, 0.2) is 59.4 Å². The SMILES string of the molecule is COc1cc2cc(-c3ccoc3)n(Cc3cccc(C#N)n3)c2cc1Cl. The topological polar surface area (TPSA) is 64.0 Å². The van der Waals surface area contributed by atoms with Crippen molar-refractivity contribution in [3.8, 4) is 23.1 Å². The van der Waals surface area contributed by atoms with Gasteiger partial charge in [0, 0.05) is 10.9 Å². The highest BCUT2D eigenvalue weighted by Gasteiger charge is 2.15. The second kappa shape index (κ2) is 6.58. The molecular formula is C20H14ClN3O2. The molecule has 5 nitrogen and oxygen atoms in total. The zero-order valence-electron chi connectivity index (χ0n) is 13.9. The van der Waals surface area contributed by atoms with Gasteiger partial charge in [0.2, 0.25) is 0 Å². The molecule has 6 heteroatoms. The number of furan rings is 1. The summed E-state index contributed by atoms with van der Waals surface area (Å²) in [7, 11) is 1.60. The molecule has 0 atom stereocenters. The van der Waals surface area contributed by atoms with Crippen LogP contribution in [0.3, 0.4) is 0 Å². The molecule has 0 fully saturated rings. The summed E-state index contributed by atoms with van der Waals surface area (Å²) in [4.78, 5) is 4.39. The van der Waals surface area contributed by atoms with Crippen LogP contribution in [0.25, 0.3) is 22.2 Å². The third-order valence-electron chi connectivity index (χ3n) is 4.23. The van der Waals surface area contributed by atoms with Crippen LogP contribution in [-0.4, -0.2) is 16.7 Å². The fourth-order valence-electron chi connectivity index (χ4n) is 3.03. The van der Waals surface area contributed by atoms with Crippen molar-refractivity contribution in [2.24, 2.45) is 0 Å². The van der Waals surface area contributed by atoms with E-state index in [2.05, 4.69) is 21.7 Å². The van der Waals surface area contributed by atoms with Gasteiger partial charge in [-0.3, -0.25) is 0 Å². The molecule has 3 aromatic heterocycles. The van der Waals surface area contributed by atoms with Crippen LogP contribution in [-0.2, 0) is 6.54 Å². The number of pyridine rings is 1. The summed E-state index contributed by atoms with van der Waals surface area (Å²) in [6, 6.07) is 15.3. The Morgan fingerprint density at radius 1 is 1.27 bits per heavy atom. The number of fused-ring (bicyclic) bond motifs is 1. The van der Waals surface area contributed by atoms with Gasteiger partial charge in [-0.15, -0.1) is 0 Å². The Bertz CT molecular complexity index is 1120. The normalized spacial score (nSPS) is 10.8. The minimum absolute atomic E-state index is 0.392. The van der Waals surface area contributed by atoms with Gasteiger partial charge < -0.3 is 13.7 Å². The molecule has 0 bridgehead atoms. The molecule has 0 aliphatic heterocycles. The van der Waals surface area contributed by atoms with Crippen LogP contribution in [0.5, 0.6) is 5.75 Å². The van der Waals surface area contributed by atoms with Gasteiger partial charge in [0.1, 0.15) is 17.5 Å².